The van der Waals surface area contributed by atoms with Gasteiger partial charge in [-0.25, -0.2) is 9.59 Å². The van der Waals surface area contributed by atoms with Crippen LogP contribution in [-0.4, -0.2) is 25.8 Å². The summed E-state index contributed by atoms with van der Waals surface area (Å²) in [6, 6.07) is 4.27. The van der Waals surface area contributed by atoms with Crippen molar-refractivity contribution in [3.05, 3.63) is 23.8 Å². The molecule has 6 nitrogen and oxygen atoms in total. The SMILES string of the molecule is CCOC(=O)Oc1cc(N)ccc1C(=O)OC. The maximum atomic E-state index is 11.4. The summed E-state index contributed by atoms with van der Waals surface area (Å²) in [7, 11) is 1.23. The lowest BCUT2D eigenvalue weighted by Crippen LogP contribution is -2.13. The third-order valence-corrected chi connectivity index (χ3v) is 1.87. The van der Waals surface area contributed by atoms with Crippen LogP contribution in [0, 0.1) is 0 Å². The number of nitrogen functional groups attached to an aromatic ring is 1. The number of esters is 1. The number of nitrogens with two attached hydrogens (primary N) is 1. The molecule has 1 aromatic carbocycles. The minimum absolute atomic E-state index is 0.00954. The average molecular weight is 239 g/mol. The van der Waals surface area contributed by atoms with Crippen LogP contribution in [0.1, 0.15) is 17.3 Å². The van der Waals surface area contributed by atoms with E-state index in [9.17, 15) is 9.59 Å². The molecule has 1 rings (SSSR count). The van der Waals surface area contributed by atoms with Crippen molar-refractivity contribution in [1.29, 1.82) is 0 Å². The summed E-state index contributed by atoms with van der Waals surface area (Å²) in [6.45, 7) is 1.82. The maximum absolute atomic E-state index is 11.4. The zero-order chi connectivity index (χ0) is 12.8. The van der Waals surface area contributed by atoms with Gasteiger partial charge in [-0.15, -0.1) is 0 Å². The van der Waals surface area contributed by atoms with Crippen molar-refractivity contribution in [2.24, 2.45) is 0 Å². The second-order valence-corrected chi connectivity index (χ2v) is 3.03. The quantitative estimate of drug-likeness (QED) is 0.489. The molecule has 0 aromatic heterocycles. The van der Waals surface area contributed by atoms with E-state index in [1.165, 1.54) is 25.3 Å². The summed E-state index contributed by atoms with van der Waals surface area (Å²) >= 11 is 0. The molecule has 0 aliphatic carbocycles. The van der Waals surface area contributed by atoms with Gasteiger partial charge in [0.1, 0.15) is 5.56 Å². The Kier molecular flexibility index (Phi) is 4.33. The van der Waals surface area contributed by atoms with Gasteiger partial charge in [-0.05, 0) is 19.1 Å². The van der Waals surface area contributed by atoms with Crippen LogP contribution in [0.4, 0.5) is 10.5 Å². The Morgan fingerprint density at radius 3 is 2.65 bits per heavy atom. The van der Waals surface area contributed by atoms with Crippen molar-refractivity contribution >= 4 is 17.8 Å². The number of anilines is 1. The summed E-state index contributed by atoms with van der Waals surface area (Å²) in [5, 5.41) is 0. The molecule has 0 aliphatic heterocycles. The molecule has 0 atom stereocenters. The van der Waals surface area contributed by atoms with Crippen molar-refractivity contribution in [3.8, 4) is 5.75 Å². The molecule has 0 spiro atoms. The molecule has 0 radical (unpaired) electrons. The second kappa shape index (κ2) is 5.74. The second-order valence-electron chi connectivity index (χ2n) is 3.03. The first-order chi connectivity index (χ1) is 8.08. The monoisotopic (exact) mass is 239 g/mol. The standard InChI is InChI=1S/C11H13NO5/c1-3-16-11(14)17-9-6-7(12)4-5-8(9)10(13)15-2/h4-6H,3,12H2,1-2H3. The van der Waals surface area contributed by atoms with E-state index >= 15 is 0 Å². The van der Waals surface area contributed by atoms with Crippen LogP contribution in [0.2, 0.25) is 0 Å². The summed E-state index contributed by atoms with van der Waals surface area (Å²) < 4.78 is 14.0. The Morgan fingerprint density at radius 1 is 1.35 bits per heavy atom. The molecule has 0 saturated carbocycles. The molecule has 6 heteroatoms. The van der Waals surface area contributed by atoms with Gasteiger partial charge in [0.2, 0.25) is 0 Å². The van der Waals surface area contributed by atoms with Crippen molar-refractivity contribution in [2.45, 2.75) is 6.92 Å². The van der Waals surface area contributed by atoms with E-state index in [-0.39, 0.29) is 17.9 Å². The van der Waals surface area contributed by atoms with Gasteiger partial charge in [-0.1, -0.05) is 0 Å². The van der Waals surface area contributed by atoms with Crippen LogP contribution in [0.25, 0.3) is 0 Å². The highest BCUT2D eigenvalue weighted by Crippen LogP contribution is 2.23. The zero-order valence-corrected chi connectivity index (χ0v) is 9.56. The lowest BCUT2D eigenvalue weighted by molar-refractivity contribution is 0.0595. The van der Waals surface area contributed by atoms with E-state index in [1.807, 2.05) is 0 Å². The van der Waals surface area contributed by atoms with Gasteiger partial charge < -0.3 is 19.9 Å². The molecular weight excluding hydrogens is 226 g/mol. The van der Waals surface area contributed by atoms with Crippen molar-refractivity contribution in [1.82, 2.24) is 0 Å². The topological polar surface area (TPSA) is 87.9 Å². The molecule has 0 heterocycles. The minimum Gasteiger partial charge on any atom is -0.465 e. The molecule has 1 aromatic rings. The normalized spacial score (nSPS) is 9.53. The lowest BCUT2D eigenvalue weighted by atomic mass is 10.2. The highest BCUT2D eigenvalue weighted by molar-refractivity contribution is 5.93. The Labute approximate surface area is 98.3 Å². The minimum atomic E-state index is -0.900. The van der Waals surface area contributed by atoms with Gasteiger partial charge in [-0.2, -0.15) is 0 Å². The fourth-order valence-corrected chi connectivity index (χ4v) is 1.14. The first-order valence-corrected chi connectivity index (χ1v) is 4.91. The Bertz CT molecular complexity index is 430. The van der Waals surface area contributed by atoms with E-state index in [1.54, 1.807) is 6.92 Å². The number of carbonyl (C=O) groups is 2. The molecule has 0 aliphatic rings. The van der Waals surface area contributed by atoms with Crippen LogP contribution in [-0.2, 0) is 9.47 Å². The van der Waals surface area contributed by atoms with Crippen molar-refractivity contribution < 1.29 is 23.8 Å². The van der Waals surface area contributed by atoms with Crippen LogP contribution in [0.15, 0.2) is 18.2 Å². The smallest absolute Gasteiger partial charge is 0.465 e. The molecule has 2 N–H and O–H groups in total. The third-order valence-electron chi connectivity index (χ3n) is 1.87. The molecule has 0 bridgehead atoms. The van der Waals surface area contributed by atoms with E-state index < -0.39 is 12.1 Å². The number of carbonyl (C=O) groups excluding carboxylic acids is 2. The van der Waals surface area contributed by atoms with E-state index in [0.29, 0.717) is 5.69 Å². The third kappa shape index (κ3) is 3.37. The maximum Gasteiger partial charge on any atom is 0.513 e. The fourth-order valence-electron chi connectivity index (χ4n) is 1.14. The van der Waals surface area contributed by atoms with Crippen molar-refractivity contribution in [2.75, 3.05) is 19.5 Å². The Morgan fingerprint density at radius 2 is 2.06 bits per heavy atom. The summed E-state index contributed by atoms with van der Waals surface area (Å²) in [4.78, 5) is 22.5. The largest absolute Gasteiger partial charge is 0.513 e. The molecule has 0 amide bonds. The van der Waals surface area contributed by atoms with E-state index in [4.69, 9.17) is 10.5 Å². The number of ether oxygens (including phenoxy) is 3. The number of hydrogen-bond acceptors (Lipinski definition) is 6. The van der Waals surface area contributed by atoms with E-state index in [0.717, 1.165) is 0 Å². The van der Waals surface area contributed by atoms with Gasteiger partial charge >= 0.3 is 12.1 Å². The fraction of sp³-hybridized carbons (Fsp3) is 0.273. The van der Waals surface area contributed by atoms with Crippen LogP contribution >= 0.6 is 0 Å². The molecule has 92 valence electrons. The summed E-state index contributed by atoms with van der Waals surface area (Å²) in [5.41, 5.74) is 6.00. The number of hydrogen-bond donors (Lipinski definition) is 1. The predicted molar refractivity (Wildman–Crippen MR) is 59.8 cm³/mol. The Hall–Kier alpha value is -2.24. The number of benzene rings is 1. The first kappa shape index (κ1) is 12.8. The summed E-state index contributed by atoms with van der Waals surface area (Å²) in [6.07, 6.45) is -0.900. The number of rotatable bonds is 3. The van der Waals surface area contributed by atoms with Gasteiger partial charge in [0, 0.05) is 11.8 Å². The van der Waals surface area contributed by atoms with Crippen LogP contribution in [0.5, 0.6) is 5.75 Å². The highest BCUT2D eigenvalue weighted by Gasteiger charge is 2.16. The van der Waals surface area contributed by atoms with E-state index in [2.05, 4.69) is 9.47 Å². The molecule has 0 unspecified atom stereocenters. The highest BCUT2D eigenvalue weighted by atomic mass is 16.7. The van der Waals surface area contributed by atoms with Crippen LogP contribution in [0.3, 0.4) is 0 Å². The first-order valence-electron chi connectivity index (χ1n) is 4.91. The lowest BCUT2D eigenvalue weighted by Gasteiger charge is -2.09. The Balaban J connectivity index is 2.99. The van der Waals surface area contributed by atoms with Crippen LogP contribution < -0.4 is 10.5 Å². The van der Waals surface area contributed by atoms with Crippen molar-refractivity contribution in [3.63, 3.8) is 0 Å². The van der Waals surface area contributed by atoms with Gasteiger partial charge in [0.15, 0.2) is 5.75 Å². The molecule has 0 fully saturated rings. The van der Waals surface area contributed by atoms with Gasteiger partial charge in [0.05, 0.1) is 13.7 Å². The zero-order valence-electron chi connectivity index (χ0n) is 9.56. The molecule has 0 saturated heterocycles. The number of methoxy groups -OCH3 is 1. The van der Waals surface area contributed by atoms with Gasteiger partial charge in [-0.3, -0.25) is 0 Å². The predicted octanol–water partition coefficient (Wildman–Crippen LogP) is 1.59. The molecule has 17 heavy (non-hydrogen) atoms. The van der Waals surface area contributed by atoms with Gasteiger partial charge in [0.25, 0.3) is 0 Å². The summed E-state index contributed by atoms with van der Waals surface area (Å²) in [5.74, 6) is -0.611. The molecular formula is C11H13NO5. The average Bonchev–Trinajstić information content (AvgIpc) is 2.28.